The van der Waals surface area contributed by atoms with Crippen molar-refractivity contribution in [2.24, 2.45) is 0 Å². The van der Waals surface area contributed by atoms with Crippen molar-refractivity contribution in [1.82, 2.24) is 9.13 Å². The lowest BCUT2D eigenvalue weighted by molar-refractivity contribution is 0.794. The molecule has 0 saturated heterocycles. The maximum Gasteiger partial charge on any atom is 0.0726 e. The third-order valence-electron chi connectivity index (χ3n) is 12.9. The van der Waals surface area contributed by atoms with Crippen LogP contribution in [0.5, 0.6) is 0 Å². The van der Waals surface area contributed by atoms with E-state index in [2.05, 4.69) is 203 Å². The van der Waals surface area contributed by atoms with E-state index in [9.17, 15) is 0 Å². The van der Waals surface area contributed by atoms with Crippen LogP contribution in [0.1, 0.15) is 27.9 Å². The van der Waals surface area contributed by atoms with Crippen LogP contribution in [0.25, 0.3) is 88.9 Å². The Morgan fingerprint density at radius 2 is 0.947 bits per heavy atom. The maximum atomic E-state index is 4.86. The van der Waals surface area contributed by atoms with Gasteiger partial charge in [0.2, 0.25) is 0 Å². The summed E-state index contributed by atoms with van der Waals surface area (Å²) in [4.78, 5) is 0. The Kier molecular flexibility index (Phi) is 6.15. The first kappa shape index (κ1) is 30.9. The van der Waals surface area contributed by atoms with Gasteiger partial charge in [-0.15, -0.1) is 18.3 Å². The standard InChI is InChI=1S/C54H34N3/c1-6-17-44-38(12-1)39-13-2-7-18-45(39)54(44)46-19-8-3-15-42(46)51-47(54)32-31-41-40-14-4-9-20-48(40)57(53(41)51)37-29-25-35(26-30-37)34-23-27-36(28-24-34)56-49-21-10-5-16-43(49)52-50(56)22-11-33-55-52/h1-32H,33H2/q-1. The maximum absolute atomic E-state index is 4.86. The summed E-state index contributed by atoms with van der Waals surface area (Å²) in [6, 6.07) is 67.6. The van der Waals surface area contributed by atoms with Gasteiger partial charge in [0.1, 0.15) is 0 Å². The van der Waals surface area contributed by atoms with Crippen molar-refractivity contribution in [2.45, 2.75) is 5.41 Å². The van der Waals surface area contributed by atoms with Crippen molar-refractivity contribution in [2.75, 3.05) is 6.54 Å². The zero-order valence-electron chi connectivity index (χ0n) is 31.0. The number of rotatable bonds is 3. The van der Waals surface area contributed by atoms with E-state index in [-0.39, 0.29) is 5.41 Å². The topological polar surface area (TPSA) is 24.0 Å². The second kappa shape index (κ2) is 11.3. The summed E-state index contributed by atoms with van der Waals surface area (Å²) < 4.78 is 4.85. The van der Waals surface area contributed by atoms with E-state index < -0.39 is 0 Å². The van der Waals surface area contributed by atoms with Gasteiger partial charge in [-0.1, -0.05) is 146 Å². The fourth-order valence-corrected chi connectivity index (χ4v) is 10.7. The van der Waals surface area contributed by atoms with Crippen LogP contribution in [0.4, 0.5) is 5.69 Å². The molecule has 0 unspecified atom stereocenters. The Morgan fingerprint density at radius 3 is 1.61 bits per heavy atom. The summed E-state index contributed by atoms with van der Waals surface area (Å²) >= 11 is 0. The SMILES string of the molecule is C1=Cc2c(c3ccccc3n2-c2ccc(-c3ccc(-n4c5ccccc5c5ccc6c(c54)-c4ccccc4C64c5ccccc5-c5ccccc54)cc3)cc2)[N-]C1. The summed E-state index contributed by atoms with van der Waals surface area (Å²) in [7, 11) is 0. The molecule has 3 heteroatoms. The predicted octanol–water partition coefficient (Wildman–Crippen LogP) is 13.8. The average Bonchev–Trinajstić information content (AvgIpc) is 3.99. The van der Waals surface area contributed by atoms with E-state index in [4.69, 9.17) is 5.32 Å². The van der Waals surface area contributed by atoms with Crippen LogP contribution in [-0.4, -0.2) is 15.7 Å². The van der Waals surface area contributed by atoms with Crippen molar-refractivity contribution in [3.8, 4) is 44.8 Å². The number of fused-ring (bicyclic) bond motifs is 17. The second-order valence-electron chi connectivity index (χ2n) is 15.5. The van der Waals surface area contributed by atoms with Gasteiger partial charge in [0.15, 0.2) is 0 Å². The van der Waals surface area contributed by atoms with Gasteiger partial charge < -0.3 is 14.5 Å². The molecule has 0 radical (unpaired) electrons. The van der Waals surface area contributed by atoms with E-state index >= 15 is 0 Å². The third-order valence-corrected chi connectivity index (χ3v) is 12.9. The molecule has 10 aromatic rings. The van der Waals surface area contributed by atoms with Crippen molar-refractivity contribution < 1.29 is 0 Å². The van der Waals surface area contributed by atoms with Crippen LogP contribution < -0.4 is 0 Å². The lowest BCUT2D eigenvalue weighted by Gasteiger charge is -2.30. The van der Waals surface area contributed by atoms with Gasteiger partial charge >= 0.3 is 0 Å². The average molecular weight is 725 g/mol. The number of aromatic nitrogens is 2. The Bertz CT molecular complexity index is 3290. The molecule has 57 heavy (non-hydrogen) atoms. The van der Waals surface area contributed by atoms with Crippen molar-refractivity contribution >= 4 is 44.5 Å². The Morgan fingerprint density at radius 1 is 0.421 bits per heavy atom. The normalized spacial score (nSPS) is 14.1. The fraction of sp³-hybridized carbons (Fsp3) is 0.0370. The molecule has 0 amide bonds. The molecule has 0 N–H and O–H groups in total. The van der Waals surface area contributed by atoms with Gasteiger partial charge in [0, 0.05) is 33.4 Å². The molecule has 3 aliphatic rings. The molecule has 2 aliphatic carbocycles. The van der Waals surface area contributed by atoms with Gasteiger partial charge in [0.05, 0.1) is 22.0 Å². The van der Waals surface area contributed by atoms with Gasteiger partial charge in [-0.2, -0.15) is 0 Å². The molecule has 2 aromatic heterocycles. The van der Waals surface area contributed by atoms with Crippen LogP contribution in [0, 0.1) is 0 Å². The Balaban J connectivity index is 0.984. The lowest BCUT2D eigenvalue weighted by Crippen LogP contribution is -2.25. The van der Waals surface area contributed by atoms with E-state index in [1.54, 1.807) is 0 Å². The largest absolute Gasteiger partial charge is 0.679 e. The first-order valence-electron chi connectivity index (χ1n) is 19.9. The molecule has 1 spiro atoms. The van der Waals surface area contributed by atoms with Crippen molar-refractivity contribution in [3.63, 3.8) is 0 Å². The van der Waals surface area contributed by atoms with Crippen molar-refractivity contribution in [1.29, 1.82) is 0 Å². The smallest absolute Gasteiger partial charge is 0.0726 e. The van der Waals surface area contributed by atoms with Crippen LogP contribution >= 0.6 is 0 Å². The van der Waals surface area contributed by atoms with E-state index in [1.165, 1.54) is 88.3 Å². The van der Waals surface area contributed by atoms with Gasteiger partial charge in [0.25, 0.3) is 0 Å². The number of hydrogen-bond acceptors (Lipinski definition) is 0. The lowest BCUT2D eigenvalue weighted by atomic mass is 9.70. The molecule has 0 bridgehead atoms. The highest BCUT2D eigenvalue weighted by Crippen LogP contribution is 2.64. The van der Waals surface area contributed by atoms with Crippen LogP contribution in [0.2, 0.25) is 0 Å². The minimum atomic E-state index is -0.387. The molecule has 266 valence electrons. The van der Waals surface area contributed by atoms with Crippen LogP contribution in [0.15, 0.2) is 188 Å². The van der Waals surface area contributed by atoms with Crippen LogP contribution in [0.3, 0.4) is 0 Å². The molecular weight excluding hydrogens is 691 g/mol. The molecule has 3 nitrogen and oxygen atoms in total. The highest BCUT2D eigenvalue weighted by atomic mass is 15.0. The zero-order chi connectivity index (χ0) is 37.2. The number of nitrogens with zero attached hydrogens (tertiary/aromatic N) is 3. The monoisotopic (exact) mass is 724 g/mol. The highest BCUT2D eigenvalue weighted by molar-refractivity contribution is 6.16. The van der Waals surface area contributed by atoms with Crippen LogP contribution in [-0.2, 0) is 5.41 Å². The van der Waals surface area contributed by atoms with Crippen molar-refractivity contribution in [3.05, 3.63) is 221 Å². The molecule has 1 aliphatic heterocycles. The molecular formula is C54H34N3-. The Labute approximate surface area is 330 Å². The quantitative estimate of drug-likeness (QED) is 0.173. The number of hydrogen-bond donors (Lipinski definition) is 0. The molecule has 0 fully saturated rings. The minimum Gasteiger partial charge on any atom is -0.679 e. The van der Waals surface area contributed by atoms with Gasteiger partial charge in [-0.25, -0.2) is 0 Å². The summed E-state index contributed by atoms with van der Waals surface area (Å²) in [6.45, 7) is 0.726. The molecule has 0 saturated carbocycles. The van der Waals surface area contributed by atoms with Gasteiger partial charge in [-0.05, 0) is 97.9 Å². The summed E-state index contributed by atoms with van der Waals surface area (Å²) in [5.41, 5.74) is 20.9. The highest BCUT2D eigenvalue weighted by Gasteiger charge is 2.52. The second-order valence-corrected chi connectivity index (χ2v) is 15.5. The number of para-hydroxylation sites is 2. The molecule has 13 rings (SSSR count). The first-order valence-corrected chi connectivity index (χ1v) is 19.9. The molecule has 3 heterocycles. The minimum absolute atomic E-state index is 0.387. The van der Waals surface area contributed by atoms with E-state index in [0.717, 1.165) is 29.3 Å². The summed E-state index contributed by atoms with van der Waals surface area (Å²) in [5, 5.41) is 8.60. The third kappa shape index (κ3) is 3.95. The van der Waals surface area contributed by atoms with Gasteiger partial charge in [-0.3, -0.25) is 0 Å². The molecule has 8 aromatic carbocycles. The number of benzene rings is 8. The molecule has 0 atom stereocenters. The summed E-state index contributed by atoms with van der Waals surface area (Å²) in [5.74, 6) is 0. The zero-order valence-corrected chi connectivity index (χ0v) is 31.0. The Hall–Kier alpha value is -7.36. The van der Waals surface area contributed by atoms with E-state index in [1.807, 2.05) is 0 Å². The predicted molar refractivity (Wildman–Crippen MR) is 236 cm³/mol. The first-order chi connectivity index (χ1) is 28.3. The summed E-state index contributed by atoms with van der Waals surface area (Å²) in [6.07, 6.45) is 4.35. The van der Waals surface area contributed by atoms with E-state index in [0.29, 0.717) is 0 Å². The fourth-order valence-electron chi connectivity index (χ4n) is 10.7.